The van der Waals surface area contributed by atoms with E-state index in [0.29, 0.717) is 5.92 Å². The van der Waals surface area contributed by atoms with Gasteiger partial charge in [-0.25, -0.2) is 4.98 Å². The van der Waals surface area contributed by atoms with Gasteiger partial charge in [-0.3, -0.25) is 0 Å². The van der Waals surface area contributed by atoms with Crippen LogP contribution >= 0.6 is 11.6 Å². The first kappa shape index (κ1) is 19.8. The molecular weight excluding hydrogens is 398 g/mol. The van der Waals surface area contributed by atoms with Gasteiger partial charge in [0.15, 0.2) is 5.65 Å². The van der Waals surface area contributed by atoms with Crippen LogP contribution in [-0.2, 0) is 4.74 Å². The Morgan fingerprint density at radius 3 is 2.53 bits per heavy atom. The molecule has 0 radical (unpaired) electrons. The summed E-state index contributed by atoms with van der Waals surface area (Å²) in [7, 11) is 2.18. The number of aryl methyl sites for hydroxylation is 1. The second-order valence-electron chi connectivity index (χ2n) is 8.41. The van der Waals surface area contributed by atoms with Crippen LogP contribution in [0.4, 0.5) is 5.82 Å². The number of fused-ring (bicyclic) bond motifs is 1. The minimum Gasteiger partial charge on any atom is -0.381 e. The lowest BCUT2D eigenvalue weighted by Crippen LogP contribution is -2.45. The van der Waals surface area contributed by atoms with E-state index in [1.54, 1.807) is 0 Å². The van der Waals surface area contributed by atoms with Crippen LogP contribution in [0.25, 0.3) is 16.9 Å². The van der Waals surface area contributed by atoms with Crippen LogP contribution in [0.2, 0.25) is 5.02 Å². The van der Waals surface area contributed by atoms with Crippen molar-refractivity contribution in [3.05, 3.63) is 46.6 Å². The number of rotatable bonds is 3. The van der Waals surface area contributed by atoms with Gasteiger partial charge in [-0.1, -0.05) is 29.8 Å². The maximum Gasteiger partial charge on any atom is 0.161 e. The molecule has 7 heteroatoms. The Labute approximate surface area is 182 Å². The van der Waals surface area contributed by atoms with Crippen molar-refractivity contribution in [1.82, 2.24) is 19.5 Å². The van der Waals surface area contributed by atoms with Crippen molar-refractivity contribution < 1.29 is 4.74 Å². The van der Waals surface area contributed by atoms with E-state index in [4.69, 9.17) is 26.4 Å². The molecule has 2 saturated heterocycles. The summed E-state index contributed by atoms with van der Waals surface area (Å²) >= 11 is 6.62. The molecule has 4 heterocycles. The zero-order valence-corrected chi connectivity index (χ0v) is 18.4. The van der Waals surface area contributed by atoms with Gasteiger partial charge in [0, 0.05) is 62.3 Å². The van der Waals surface area contributed by atoms with E-state index in [1.165, 1.54) is 5.56 Å². The van der Waals surface area contributed by atoms with E-state index in [2.05, 4.69) is 40.4 Å². The van der Waals surface area contributed by atoms with E-state index in [0.717, 1.165) is 85.7 Å². The highest BCUT2D eigenvalue weighted by Gasteiger charge is 2.29. The number of halogens is 1. The predicted molar refractivity (Wildman–Crippen MR) is 121 cm³/mol. The van der Waals surface area contributed by atoms with Crippen LogP contribution in [0.1, 0.15) is 30.0 Å². The van der Waals surface area contributed by atoms with E-state index >= 15 is 0 Å². The summed E-state index contributed by atoms with van der Waals surface area (Å²) in [5.74, 6) is 1.49. The molecule has 0 atom stereocenters. The maximum absolute atomic E-state index is 6.62. The number of aromatic nitrogens is 3. The quantitative estimate of drug-likeness (QED) is 0.634. The zero-order valence-electron chi connectivity index (χ0n) is 17.6. The van der Waals surface area contributed by atoms with Gasteiger partial charge < -0.3 is 14.5 Å². The number of nitrogens with zero attached hydrogens (tertiary/aromatic N) is 5. The summed E-state index contributed by atoms with van der Waals surface area (Å²) in [6, 6.07) is 10.2. The first-order valence-corrected chi connectivity index (χ1v) is 11.2. The molecule has 0 N–H and O–H groups in total. The minimum atomic E-state index is 0.372. The molecule has 6 nitrogen and oxygen atoms in total. The Morgan fingerprint density at radius 1 is 1.07 bits per heavy atom. The Kier molecular flexibility index (Phi) is 5.39. The molecule has 0 bridgehead atoms. The van der Waals surface area contributed by atoms with E-state index in [1.807, 2.05) is 18.2 Å². The fourth-order valence-electron chi connectivity index (χ4n) is 4.61. The lowest BCUT2D eigenvalue weighted by Gasteiger charge is -2.34. The Morgan fingerprint density at radius 2 is 1.80 bits per heavy atom. The largest absolute Gasteiger partial charge is 0.381 e. The van der Waals surface area contributed by atoms with Crippen molar-refractivity contribution in [2.45, 2.75) is 25.7 Å². The smallest absolute Gasteiger partial charge is 0.161 e. The van der Waals surface area contributed by atoms with Crippen molar-refractivity contribution in [3.63, 3.8) is 0 Å². The third kappa shape index (κ3) is 3.57. The SMILES string of the molecule is Cc1cc(N2CCN(C)CC2)n2nc(-c3ccccc3Cl)c(C3CCOCC3)c2n1. The average molecular weight is 426 g/mol. The number of hydrogen-bond donors (Lipinski definition) is 0. The van der Waals surface area contributed by atoms with Gasteiger partial charge in [-0.2, -0.15) is 9.61 Å². The summed E-state index contributed by atoms with van der Waals surface area (Å²) in [4.78, 5) is 9.77. The number of hydrogen-bond acceptors (Lipinski definition) is 5. The molecule has 0 unspecified atom stereocenters. The monoisotopic (exact) mass is 425 g/mol. The molecule has 5 rings (SSSR count). The minimum absolute atomic E-state index is 0.372. The highest BCUT2D eigenvalue weighted by molar-refractivity contribution is 6.33. The average Bonchev–Trinajstić information content (AvgIpc) is 3.13. The molecule has 3 aromatic rings. The molecule has 0 saturated carbocycles. The number of piperazine rings is 1. The zero-order chi connectivity index (χ0) is 20.7. The summed E-state index contributed by atoms with van der Waals surface area (Å²) in [5, 5.41) is 5.86. The van der Waals surface area contributed by atoms with Crippen molar-refractivity contribution in [3.8, 4) is 11.3 Å². The fraction of sp³-hybridized carbons (Fsp3) is 0.478. The molecule has 158 valence electrons. The van der Waals surface area contributed by atoms with Gasteiger partial charge in [-0.05, 0) is 38.8 Å². The number of ether oxygens (including phenoxy) is 1. The first-order chi connectivity index (χ1) is 14.6. The van der Waals surface area contributed by atoms with Gasteiger partial charge in [0.2, 0.25) is 0 Å². The molecule has 2 aliphatic heterocycles. The van der Waals surface area contributed by atoms with E-state index in [9.17, 15) is 0 Å². The highest BCUT2D eigenvalue weighted by Crippen LogP contribution is 2.40. The normalized spacial score (nSPS) is 19.0. The highest BCUT2D eigenvalue weighted by atomic mass is 35.5. The first-order valence-electron chi connectivity index (χ1n) is 10.8. The number of anilines is 1. The van der Waals surface area contributed by atoms with Gasteiger partial charge >= 0.3 is 0 Å². The van der Waals surface area contributed by atoms with Gasteiger partial charge in [-0.15, -0.1) is 0 Å². The van der Waals surface area contributed by atoms with Gasteiger partial charge in [0.1, 0.15) is 11.5 Å². The molecule has 30 heavy (non-hydrogen) atoms. The van der Waals surface area contributed by atoms with E-state index in [-0.39, 0.29) is 0 Å². The fourth-order valence-corrected chi connectivity index (χ4v) is 4.84. The van der Waals surface area contributed by atoms with Crippen LogP contribution in [-0.4, -0.2) is 65.9 Å². The van der Waals surface area contributed by atoms with Crippen molar-refractivity contribution in [2.24, 2.45) is 0 Å². The third-order valence-corrected chi connectivity index (χ3v) is 6.65. The topological polar surface area (TPSA) is 45.9 Å². The molecule has 0 aliphatic carbocycles. The standard InChI is InChI=1S/C23H28ClN5O/c1-16-15-20(28-11-9-27(2)10-12-28)29-23(25-16)21(17-7-13-30-14-8-17)22(26-29)18-5-3-4-6-19(18)24/h3-6,15,17H,7-14H2,1-2H3. The van der Waals surface area contributed by atoms with Crippen molar-refractivity contribution in [1.29, 1.82) is 0 Å². The van der Waals surface area contributed by atoms with Crippen molar-refractivity contribution >= 4 is 23.1 Å². The van der Waals surface area contributed by atoms with Crippen LogP contribution in [0.5, 0.6) is 0 Å². The molecule has 0 spiro atoms. The predicted octanol–water partition coefficient (Wildman–Crippen LogP) is 4.00. The van der Waals surface area contributed by atoms with Gasteiger partial charge in [0.25, 0.3) is 0 Å². The summed E-state index contributed by atoms with van der Waals surface area (Å²) in [5.41, 5.74) is 5.14. The molecular formula is C23H28ClN5O. The second-order valence-corrected chi connectivity index (χ2v) is 8.82. The van der Waals surface area contributed by atoms with Crippen molar-refractivity contribution in [2.75, 3.05) is 51.3 Å². The number of likely N-dealkylation sites (N-methyl/N-ethyl adjacent to an activating group) is 1. The van der Waals surface area contributed by atoms with Crippen LogP contribution in [0.15, 0.2) is 30.3 Å². The number of benzene rings is 1. The van der Waals surface area contributed by atoms with Crippen LogP contribution in [0.3, 0.4) is 0 Å². The molecule has 2 aromatic heterocycles. The summed E-state index contributed by atoms with van der Waals surface area (Å²) in [6.45, 7) is 7.71. The summed E-state index contributed by atoms with van der Waals surface area (Å²) in [6.07, 6.45) is 1.97. The second kappa shape index (κ2) is 8.17. The molecule has 0 amide bonds. The van der Waals surface area contributed by atoms with E-state index < -0.39 is 0 Å². The maximum atomic E-state index is 6.62. The molecule has 1 aromatic carbocycles. The molecule has 2 fully saturated rings. The Hall–Kier alpha value is -2.15. The van der Waals surface area contributed by atoms with Crippen LogP contribution in [0, 0.1) is 6.92 Å². The summed E-state index contributed by atoms with van der Waals surface area (Å²) < 4.78 is 7.70. The Balaban J connectivity index is 1.72. The molecule has 2 aliphatic rings. The third-order valence-electron chi connectivity index (χ3n) is 6.32. The van der Waals surface area contributed by atoms with Crippen LogP contribution < -0.4 is 4.90 Å². The lowest BCUT2D eigenvalue weighted by molar-refractivity contribution is 0.0856. The Bertz CT molecular complexity index is 1050. The lowest BCUT2D eigenvalue weighted by atomic mass is 9.89. The van der Waals surface area contributed by atoms with Gasteiger partial charge in [0.05, 0.1) is 5.02 Å².